The number of furan rings is 1. The molecule has 0 aliphatic heterocycles. The van der Waals surface area contributed by atoms with Crippen molar-refractivity contribution in [3.05, 3.63) is 140 Å². The molecule has 0 saturated carbocycles. The quantitative estimate of drug-likeness (QED) is 0.236. The molecule has 0 unspecified atom stereocenters. The Morgan fingerprint density at radius 3 is 1.82 bits per heavy atom. The van der Waals surface area contributed by atoms with E-state index in [0.29, 0.717) is 11.6 Å². The first-order valence-corrected chi connectivity index (χ1v) is 12.9. The van der Waals surface area contributed by atoms with Crippen LogP contribution in [0.5, 0.6) is 0 Å². The van der Waals surface area contributed by atoms with Crippen LogP contribution in [0, 0.1) is 0 Å². The van der Waals surface area contributed by atoms with E-state index in [4.69, 9.17) is 14.4 Å². The molecule has 0 aliphatic rings. The standard InChI is InChI=1S/C35H23N3O/c1-2-7-24(8-3-1)25-13-17-27(18-14-25)31-23-32(38-35(37-31)33-12-6-22-39-33)28-19-15-26(16-20-28)30-11-4-9-29-10-5-21-36-34(29)30/h1-23H. The highest BCUT2D eigenvalue weighted by atomic mass is 16.3. The van der Waals surface area contributed by atoms with Gasteiger partial charge in [-0.2, -0.15) is 0 Å². The highest BCUT2D eigenvalue weighted by molar-refractivity contribution is 5.93. The molecule has 0 amide bonds. The van der Waals surface area contributed by atoms with Gasteiger partial charge in [0.25, 0.3) is 0 Å². The number of aromatic nitrogens is 3. The van der Waals surface area contributed by atoms with Crippen LogP contribution in [0.1, 0.15) is 0 Å². The molecule has 7 aromatic rings. The Hall–Kier alpha value is -5.35. The molecule has 0 N–H and O–H groups in total. The molecule has 3 aromatic heterocycles. The second kappa shape index (κ2) is 9.84. The average Bonchev–Trinajstić information content (AvgIpc) is 3.57. The van der Waals surface area contributed by atoms with Crippen LogP contribution in [-0.4, -0.2) is 15.0 Å². The monoisotopic (exact) mass is 501 g/mol. The molecule has 3 heterocycles. The highest BCUT2D eigenvalue weighted by Crippen LogP contribution is 2.32. The van der Waals surface area contributed by atoms with Crippen molar-refractivity contribution < 1.29 is 4.42 Å². The van der Waals surface area contributed by atoms with Crippen LogP contribution in [0.2, 0.25) is 0 Å². The summed E-state index contributed by atoms with van der Waals surface area (Å²) in [7, 11) is 0. The second-order valence-electron chi connectivity index (χ2n) is 9.34. The third-order valence-corrected chi connectivity index (χ3v) is 6.88. The van der Waals surface area contributed by atoms with E-state index in [9.17, 15) is 0 Å². The van der Waals surface area contributed by atoms with Gasteiger partial charge >= 0.3 is 0 Å². The van der Waals surface area contributed by atoms with E-state index in [1.54, 1.807) is 6.26 Å². The molecule has 4 heteroatoms. The van der Waals surface area contributed by atoms with Crippen molar-refractivity contribution in [3.63, 3.8) is 0 Å². The van der Waals surface area contributed by atoms with E-state index in [1.165, 1.54) is 11.1 Å². The lowest BCUT2D eigenvalue weighted by atomic mass is 9.99. The Labute approximate surface area is 226 Å². The van der Waals surface area contributed by atoms with Crippen LogP contribution in [0.3, 0.4) is 0 Å². The smallest absolute Gasteiger partial charge is 0.196 e. The van der Waals surface area contributed by atoms with Crippen LogP contribution in [0.25, 0.3) is 67.3 Å². The first kappa shape index (κ1) is 22.8. The van der Waals surface area contributed by atoms with Gasteiger partial charge in [0.15, 0.2) is 11.6 Å². The molecular weight excluding hydrogens is 478 g/mol. The van der Waals surface area contributed by atoms with Gasteiger partial charge in [-0.05, 0) is 41.0 Å². The lowest BCUT2D eigenvalue weighted by Gasteiger charge is -2.10. The van der Waals surface area contributed by atoms with Crippen LogP contribution in [-0.2, 0) is 0 Å². The summed E-state index contributed by atoms with van der Waals surface area (Å²) in [5.74, 6) is 1.19. The van der Waals surface area contributed by atoms with Crippen LogP contribution < -0.4 is 0 Å². The van der Waals surface area contributed by atoms with Crippen molar-refractivity contribution in [1.29, 1.82) is 0 Å². The first-order valence-electron chi connectivity index (χ1n) is 12.9. The predicted molar refractivity (Wildman–Crippen MR) is 157 cm³/mol. The summed E-state index contributed by atoms with van der Waals surface area (Å²) in [4.78, 5) is 14.3. The van der Waals surface area contributed by atoms with Crippen molar-refractivity contribution in [3.8, 4) is 56.4 Å². The normalized spacial score (nSPS) is 11.1. The van der Waals surface area contributed by atoms with Gasteiger partial charge in [0, 0.05) is 28.3 Å². The largest absolute Gasteiger partial charge is 0.461 e. The van der Waals surface area contributed by atoms with Crippen molar-refractivity contribution in [2.24, 2.45) is 0 Å². The number of pyridine rings is 1. The van der Waals surface area contributed by atoms with Crippen LogP contribution in [0.15, 0.2) is 144 Å². The van der Waals surface area contributed by atoms with E-state index in [0.717, 1.165) is 44.5 Å². The van der Waals surface area contributed by atoms with Gasteiger partial charge in [0.2, 0.25) is 0 Å². The van der Waals surface area contributed by atoms with Crippen molar-refractivity contribution >= 4 is 10.9 Å². The van der Waals surface area contributed by atoms with Crippen molar-refractivity contribution in [2.75, 3.05) is 0 Å². The summed E-state index contributed by atoms with van der Waals surface area (Å²) in [6, 6.07) is 43.4. The number of hydrogen-bond donors (Lipinski definition) is 0. The summed E-state index contributed by atoms with van der Waals surface area (Å²) < 4.78 is 5.66. The molecule has 0 aliphatic carbocycles. The van der Waals surface area contributed by atoms with E-state index in [1.807, 2.05) is 36.5 Å². The fourth-order valence-corrected chi connectivity index (χ4v) is 4.88. The number of fused-ring (bicyclic) bond motifs is 1. The molecular formula is C35H23N3O. The number of nitrogens with zero attached hydrogens (tertiary/aromatic N) is 3. The van der Waals surface area contributed by atoms with E-state index in [2.05, 4.69) is 102 Å². The van der Waals surface area contributed by atoms with Gasteiger partial charge in [0.1, 0.15) is 0 Å². The van der Waals surface area contributed by atoms with Gasteiger partial charge in [-0.3, -0.25) is 4.98 Å². The number of benzene rings is 4. The molecule has 7 rings (SSSR count). The lowest BCUT2D eigenvalue weighted by Crippen LogP contribution is -1.95. The Bertz CT molecular complexity index is 1870. The summed E-state index contributed by atoms with van der Waals surface area (Å²) in [6.07, 6.45) is 3.48. The van der Waals surface area contributed by atoms with E-state index >= 15 is 0 Å². The number of rotatable bonds is 5. The molecule has 0 bridgehead atoms. The zero-order chi connectivity index (χ0) is 26.0. The summed E-state index contributed by atoms with van der Waals surface area (Å²) >= 11 is 0. The Kier molecular flexibility index (Phi) is 5.76. The Balaban J connectivity index is 1.28. The minimum absolute atomic E-state index is 0.557. The Morgan fingerprint density at radius 1 is 0.487 bits per heavy atom. The van der Waals surface area contributed by atoms with Gasteiger partial charge in [0.05, 0.1) is 23.2 Å². The molecule has 0 atom stereocenters. The molecule has 39 heavy (non-hydrogen) atoms. The predicted octanol–water partition coefficient (Wildman–Crippen LogP) is 8.95. The van der Waals surface area contributed by atoms with Gasteiger partial charge < -0.3 is 4.42 Å². The van der Waals surface area contributed by atoms with Crippen LogP contribution in [0.4, 0.5) is 0 Å². The van der Waals surface area contributed by atoms with E-state index < -0.39 is 0 Å². The van der Waals surface area contributed by atoms with Crippen molar-refractivity contribution in [1.82, 2.24) is 15.0 Å². The molecule has 0 saturated heterocycles. The third kappa shape index (κ3) is 4.49. The topological polar surface area (TPSA) is 51.8 Å². The second-order valence-corrected chi connectivity index (χ2v) is 9.34. The highest BCUT2D eigenvalue weighted by Gasteiger charge is 2.13. The molecule has 184 valence electrons. The summed E-state index contributed by atoms with van der Waals surface area (Å²) in [5, 5.41) is 1.13. The first-order chi connectivity index (χ1) is 19.3. The lowest BCUT2D eigenvalue weighted by molar-refractivity contribution is 0.577. The maximum atomic E-state index is 5.66. The maximum Gasteiger partial charge on any atom is 0.196 e. The molecule has 0 spiro atoms. The minimum atomic E-state index is 0.557. The number of hydrogen-bond acceptors (Lipinski definition) is 4. The molecule has 4 nitrogen and oxygen atoms in total. The van der Waals surface area contributed by atoms with Crippen molar-refractivity contribution in [2.45, 2.75) is 0 Å². The SMILES string of the molecule is c1ccc(-c2ccc(-c3cc(-c4ccc(-c5cccc6cccnc56)cc4)nc(-c4ccco4)n3)cc2)cc1. The molecule has 4 aromatic carbocycles. The van der Waals surface area contributed by atoms with Crippen LogP contribution >= 0.6 is 0 Å². The molecule has 0 radical (unpaired) electrons. The fraction of sp³-hybridized carbons (Fsp3) is 0. The molecule has 0 fully saturated rings. The Morgan fingerprint density at radius 2 is 1.13 bits per heavy atom. The van der Waals surface area contributed by atoms with Gasteiger partial charge in [-0.15, -0.1) is 0 Å². The van der Waals surface area contributed by atoms with Gasteiger partial charge in [-0.25, -0.2) is 9.97 Å². The summed E-state index contributed by atoms with van der Waals surface area (Å²) in [5.41, 5.74) is 9.26. The summed E-state index contributed by atoms with van der Waals surface area (Å²) in [6.45, 7) is 0. The minimum Gasteiger partial charge on any atom is -0.461 e. The average molecular weight is 502 g/mol. The zero-order valence-electron chi connectivity index (χ0n) is 21.0. The third-order valence-electron chi connectivity index (χ3n) is 6.88. The number of para-hydroxylation sites is 1. The zero-order valence-corrected chi connectivity index (χ0v) is 21.0. The van der Waals surface area contributed by atoms with E-state index in [-0.39, 0.29) is 0 Å². The fourth-order valence-electron chi connectivity index (χ4n) is 4.88. The maximum absolute atomic E-state index is 5.66. The van der Waals surface area contributed by atoms with Gasteiger partial charge in [-0.1, -0.05) is 103 Å².